The maximum atomic E-state index is 5.79. The van der Waals surface area contributed by atoms with Crippen LogP contribution in [0.2, 0.25) is 0 Å². The Morgan fingerprint density at radius 3 is 1.77 bits per heavy atom. The molecule has 1 heterocycles. The summed E-state index contributed by atoms with van der Waals surface area (Å²) < 4.78 is 11.6. The third-order valence-corrected chi connectivity index (χ3v) is 6.56. The van der Waals surface area contributed by atoms with Crippen LogP contribution in [0.15, 0.2) is 0 Å². The lowest BCUT2D eigenvalue weighted by Gasteiger charge is -2.37. The molecule has 3 rings (SSSR count). The van der Waals surface area contributed by atoms with Crippen LogP contribution < -0.4 is 0 Å². The highest BCUT2D eigenvalue weighted by molar-refractivity contribution is 4.81. The minimum absolute atomic E-state index is 0.0914. The second-order valence-electron chi connectivity index (χ2n) is 8.58. The fraction of sp³-hybridized carbons (Fsp3) is 1.00. The lowest BCUT2D eigenvalue weighted by molar-refractivity contribution is -0.201. The Kier molecular flexibility index (Phi) is 6.21. The summed E-state index contributed by atoms with van der Waals surface area (Å²) in [6, 6.07) is 0. The van der Waals surface area contributed by atoms with Crippen LogP contribution in [0.1, 0.15) is 78.1 Å². The predicted octanol–water partition coefficient (Wildman–Crippen LogP) is 5.41. The first-order valence-electron chi connectivity index (χ1n) is 9.94. The molecule has 0 bridgehead atoms. The van der Waals surface area contributed by atoms with Crippen molar-refractivity contribution in [3.63, 3.8) is 0 Å². The van der Waals surface area contributed by atoms with Crippen molar-refractivity contribution in [1.82, 2.24) is 0 Å². The molecule has 2 heteroatoms. The molecule has 0 atom stereocenters. The van der Waals surface area contributed by atoms with Crippen LogP contribution >= 0.6 is 0 Å². The number of hydrogen-bond donors (Lipinski definition) is 0. The zero-order valence-corrected chi connectivity index (χ0v) is 14.8. The second kappa shape index (κ2) is 8.15. The molecule has 1 saturated heterocycles. The zero-order valence-electron chi connectivity index (χ0n) is 14.8. The van der Waals surface area contributed by atoms with E-state index in [9.17, 15) is 0 Å². The van der Waals surface area contributed by atoms with Gasteiger partial charge in [0.25, 0.3) is 0 Å². The van der Waals surface area contributed by atoms with Crippen LogP contribution in [0.5, 0.6) is 0 Å². The maximum absolute atomic E-state index is 5.79. The van der Waals surface area contributed by atoms with Crippen LogP contribution in [-0.2, 0) is 9.47 Å². The fourth-order valence-corrected chi connectivity index (χ4v) is 4.88. The summed E-state index contributed by atoms with van der Waals surface area (Å²) in [7, 11) is 0. The Morgan fingerprint density at radius 1 is 0.636 bits per heavy atom. The number of hydrogen-bond acceptors (Lipinski definition) is 2. The van der Waals surface area contributed by atoms with Crippen molar-refractivity contribution in [3.05, 3.63) is 0 Å². The topological polar surface area (TPSA) is 18.5 Å². The molecule has 0 aromatic carbocycles. The van der Waals surface area contributed by atoms with Crippen LogP contribution in [-0.4, -0.2) is 19.5 Å². The van der Waals surface area contributed by atoms with E-state index in [-0.39, 0.29) is 6.29 Å². The van der Waals surface area contributed by atoms with Gasteiger partial charge in [0.05, 0.1) is 13.2 Å². The van der Waals surface area contributed by atoms with Crippen molar-refractivity contribution in [2.24, 2.45) is 29.6 Å². The minimum atomic E-state index is 0.0914. The molecule has 0 aromatic heterocycles. The molecule has 2 aliphatic carbocycles. The molecule has 3 fully saturated rings. The summed E-state index contributed by atoms with van der Waals surface area (Å²) in [5, 5.41) is 0. The van der Waals surface area contributed by atoms with Gasteiger partial charge in [0.15, 0.2) is 6.29 Å². The van der Waals surface area contributed by atoms with Gasteiger partial charge in [-0.1, -0.05) is 39.5 Å². The first kappa shape index (κ1) is 16.8. The molecule has 0 radical (unpaired) electrons. The SMILES string of the molecule is CC1CCC(C2CCC(CCC3OCC(C)CO3)CC2)CC1. The first-order chi connectivity index (χ1) is 10.7. The molecule has 1 aliphatic heterocycles. The molecular weight excluding hydrogens is 272 g/mol. The first-order valence-corrected chi connectivity index (χ1v) is 9.94. The zero-order chi connectivity index (χ0) is 15.4. The summed E-state index contributed by atoms with van der Waals surface area (Å²) in [6.45, 7) is 6.40. The van der Waals surface area contributed by atoms with E-state index in [1.807, 2.05) is 0 Å². The highest BCUT2D eigenvalue weighted by Gasteiger charge is 2.30. The van der Waals surface area contributed by atoms with E-state index in [1.54, 1.807) is 0 Å². The summed E-state index contributed by atoms with van der Waals surface area (Å²) in [4.78, 5) is 0. The largest absolute Gasteiger partial charge is 0.352 e. The van der Waals surface area contributed by atoms with E-state index >= 15 is 0 Å². The van der Waals surface area contributed by atoms with Gasteiger partial charge in [-0.3, -0.25) is 0 Å². The normalized spacial score (nSPS) is 43.9. The van der Waals surface area contributed by atoms with Crippen LogP contribution in [0.25, 0.3) is 0 Å². The standard InChI is InChI=1S/C20H36O2/c1-15-3-8-18(9-4-15)19-10-5-17(6-11-19)7-12-20-21-13-16(2)14-22-20/h15-20H,3-14H2,1-2H3. The summed E-state index contributed by atoms with van der Waals surface area (Å²) in [6.07, 6.45) is 14.4. The van der Waals surface area contributed by atoms with Gasteiger partial charge in [0.2, 0.25) is 0 Å². The Morgan fingerprint density at radius 2 is 1.18 bits per heavy atom. The van der Waals surface area contributed by atoms with E-state index in [2.05, 4.69) is 13.8 Å². The average Bonchev–Trinajstić information content (AvgIpc) is 2.56. The summed E-state index contributed by atoms with van der Waals surface area (Å²) >= 11 is 0. The Balaban J connectivity index is 1.32. The molecule has 128 valence electrons. The van der Waals surface area contributed by atoms with Crippen LogP contribution in [0.3, 0.4) is 0 Å². The molecule has 3 aliphatic rings. The van der Waals surface area contributed by atoms with E-state index < -0.39 is 0 Å². The molecule has 0 N–H and O–H groups in total. The van der Waals surface area contributed by atoms with Gasteiger partial charge in [0.1, 0.15) is 0 Å². The molecule has 0 aromatic rings. The van der Waals surface area contributed by atoms with E-state index in [0.717, 1.165) is 43.3 Å². The third kappa shape index (κ3) is 4.71. The molecule has 0 unspecified atom stereocenters. The van der Waals surface area contributed by atoms with Crippen LogP contribution in [0.4, 0.5) is 0 Å². The van der Waals surface area contributed by atoms with Gasteiger partial charge in [0, 0.05) is 5.92 Å². The van der Waals surface area contributed by atoms with E-state index in [1.165, 1.54) is 57.8 Å². The van der Waals surface area contributed by atoms with E-state index in [4.69, 9.17) is 9.47 Å². The van der Waals surface area contributed by atoms with Gasteiger partial charge < -0.3 is 9.47 Å². The van der Waals surface area contributed by atoms with Gasteiger partial charge in [-0.15, -0.1) is 0 Å². The van der Waals surface area contributed by atoms with Crippen molar-refractivity contribution < 1.29 is 9.47 Å². The molecule has 22 heavy (non-hydrogen) atoms. The number of ether oxygens (including phenoxy) is 2. The summed E-state index contributed by atoms with van der Waals surface area (Å²) in [5.74, 6) is 4.61. The van der Waals surface area contributed by atoms with Crippen molar-refractivity contribution in [2.75, 3.05) is 13.2 Å². The molecule has 2 saturated carbocycles. The minimum Gasteiger partial charge on any atom is -0.352 e. The Hall–Kier alpha value is -0.0800. The summed E-state index contributed by atoms with van der Waals surface area (Å²) in [5.41, 5.74) is 0. The molecule has 2 nitrogen and oxygen atoms in total. The van der Waals surface area contributed by atoms with E-state index in [0.29, 0.717) is 5.92 Å². The fourth-order valence-electron chi connectivity index (χ4n) is 4.88. The Bertz CT molecular complexity index is 306. The van der Waals surface area contributed by atoms with Gasteiger partial charge >= 0.3 is 0 Å². The van der Waals surface area contributed by atoms with Crippen LogP contribution in [0, 0.1) is 29.6 Å². The van der Waals surface area contributed by atoms with Gasteiger partial charge in [-0.2, -0.15) is 0 Å². The molecule has 0 amide bonds. The third-order valence-electron chi connectivity index (χ3n) is 6.56. The molecular formula is C20H36O2. The lowest BCUT2D eigenvalue weighted by Crippen LogP contribution is -2.31. The van der Waals surface area contributed by atoms with Crippen molar-refractivity contribution >= 4 is 0 Å². The van der Waals surface area contributed by atoms with Gasteiger partial charge in [-0.25, -0.2) is 0 Å². The number of rotatable bonds is 4. The maximum Gasteiger partial charge on any atom is 0.157 e. The average molecular weight is 309 g/mol. The predicted molar refractivity (Wildman–Crippen MR) is 90.7 cm³/mol. The van der Waals surface area contributed by atoms with Crippen molar-refractivity contribution in [1.29, 1.82) is 0 Å². The van der Waals surface area contributed by atoms with Gasteiger partial charge in [-0.05, 0) is 62.2 Å². The Labute approximate surface area is 137 Å². The highest BCUT2D eigenvalue weighted by atomic mass is 16.7. The lowest BCUT2D eigenvalue weighted by atomic mass is 9.69. The quantitative estimate of drug-likeness (QED) is 0.691. The van der Waals surface area contributed by atoms with Crippen molar-refractivity contribution in [3.8, 4) is 0 Å². The monoisotopic (exact) mass is 308 g/mol. The molecule has 0 spiro atoms. The highest BCUT2D eigenvalue weighted by Crippen LogP contribution is 2.42. The smallest absolute Gasteiger partial charge is 0.157 e. The second-order valence-corrected chi connectivity index (χ2v) is 8.58. The van der Waals surface area contributed by atoms with Crippen molar-refractivity contribution in [2.45, 2.75) is 84.3 Å².